The maximum Gasteiger partial charge on any atom is 0.306 e. The first-order chi connectivity index (χ1) is 32.0. The fourth-order valence-corrected chi connectivity index (χ4v) is 8.62. The summed E-state index contributed by atoms with van der Waals surface area (Å²) in [5.74, 6) is -0.496. The maximum atomic E-state index is 13.3. The van der Waals surface area contributed by atoms with Gasteiger partial charge in [0, 0.05) is 6.42 Å². The lowest BCUT2D eigenvalue weighted by Crippen LogP contribution is -2.46. The number of rotatable bonds is 51. The summed E-state index contributed by atoms with van der Waals surface area (Å²) < 4.78 is 5.94. The number of hydrogen-bond acceptors (Lipinski definition) is 5. The molecule has 0 spiro atoms. The average molecular weight is 913 g/mol. The Hall–Kier alpha value is -2.18. The molecule has 0 saturated carbocycles. The highest BCUT2D eigenvalue weighted by molar-refractivity contribution is 5.77. The minimum absolute atomic E-state index is 0.0605. The number of ether oxygens (including phenoxy) is 1. The van der Waals surface area contributed by atoms with Crippen LogP contribution < -0.4 is 5.32 Å². The van der Waals surface area contributed by atoms with Gasteiger partial charge in [0.05, 0.1) is 25.2 Å². The Labute approximate surface area is 404 Å². The Morgan fingerprint density at radius 2 is 0.831 bits per heavy atom. The molecule has 0 aliphatic heterocycles. The molecule has 0 aliphatic carbocycles. The zero-order valence-electron chi connectivity index (χ0n) is 43.4. The van der Waals surface area contributed by atoms with Gasteiger partial charge in [-0.05, 0) is 83.5 Å². The van der Waals surface area contributed by atoms with Crippen LogP contribution in [0.1, 0.15) is 290 Å². The van der Waals surface area contributed by atoms with Gasteiger partial charge in [-0.2, -0.15) is 0 Å². The number of aliphatic hydroxyl groups is 2. The second-order valence-corrected chi connectivity index (χ2v) is 19.3. The maximum absolute atomic E-state index is 13.3. The molecular weight excluding hydrogens is 803 g/mol. The molecule has 0 aromatic heterocycles. The normalized spacial score (nSPS) is 13.5. The van der Waals surface area contributed by atoms with Crippen LogP contribution in [0.25, 0.3) is 0 Å². The van der Waals surface area contributed by atoms with Crippen LogP contribution in [0.2, 0.25) is 0 Å². The molecule has 0 radical (unpaired) electrons. The average Bonchev–Trinajstić information content (AvgIpc) is 3.30. The van der Waals surface area contributed by atoms with Crippen molar-refractivity contribution in [2.24, 2.45) is 0 Å². The zero-order valence-corrected chi connectivity index (χ0v) is 43.4. The SMILES string of the molecule is CC/C=C/C/C=C/C/C=C/CCCCCCC(CC(=O)NC(CO)C(O)CCCCCCCCCCCCCCCCCC)OC(=O)CCCCCCC/C=C/CCCCCCCCC. The van der Waals surface area contributed by atoms with Crippen LogP contribution >= 0.6 is 0 Å². The van der Waals surface area contributed by atoms with E-state index in [1.54, 1.807) is 0 Å². The molecule has 0 rings (SSSR count). The Balaban J connectivity index is 4.56. The lowest BCUT2D eigenvalue weighted by Gasteiger charge is -2.24. The van der Waals surface area contributed by atoms with Crippen LogP contribution in [0.15, 0.2) is 48.6 Å². The second-order valence-electron chi connectivity index (χ2n) is 19.3. The number of nitrogens with one attached hydrogen (secondary N) is 1. The van der Waals surface area contributed by atoms with Gasteiger partial charge in [0.2, 0.25) is 5.91 Å². The third kappa shape index (κ3) is 48.1. The molecule has 0 aromatic rings. The van der Waals surface area contributed by atoms with Crippen molar-refractivity contribution in [3.05, 3.63) is 48.6 Å². The van der Waals surface area contributed by atoms with E-state index in [9.17, 15) is 19.8 Å². The van der Waals surface area contributed by atoms with Crippen LogP contribution in [0, 0.1) is 0 Å². The molecule has 0 aliphatic rings. The van der Waals surface area contributed by atoms with E-state index >= 15 is 0 Å². The van der Waals surface area contributed by atoms with E-state index in [1.807, 2.05) is 0 Å². The molecule has 3 N–H and O–H groups in total. The lowest BCUT2D eigenvalue weighted by molar-refractivity contribution is -0.151. The number of allylic oxidation sites excluding steroid dienone is 8. The monoisotopic (exact) mass is 912 g/mol. The van der Waals surface area contributed by atoms with E-state index in [0.29, 0.717) is 19.3 Å². The number of carbonyl (C=O) groups is 2. The van der Waals surface area contributed by atoms with Gasteiger partial charge in [-0.1, -0.05) is 243 Å². The van der Waals surface area contributed by atoms with E-state index in [0.717, 1.165) is 96.3 Å². The highest BCUT2D eigenvalue weighted by Gasteiger charge is 2.24. The molecule has 65 heavy (non-hydrogen) atoms. The summed E-state index contributed by atoms with van der Waals surface area (Å²) in [6.45, 7) is 6.39. The first kappa shape index (κ1) is 62.8. The molecule has 1 amide bonds. The van der Waals surface area contributed by atoms with E-state index in [4.69, 9.17) is 4.74 Å². The smallest absolute Gasteiger partial charge is 0.306 e. The molecule has 0 heterocycles. The first-order valence-electron chi connectivity index (χ1n) is 28.4. The van der Waals surface area contributed by atoms with Gasteiger partial charge >= 0.3 is 5.97 Å². The van der Waals surface area contributed by atoms with Crippen molar-refractivity contribution >= 4 is 11.9 Å². The van der Waals surface area contributed by atoms with Gasteiger partial charge in [-0.3, -0.25) is 9.59 Å². The van der Waals surface area contributed by atoms with Gasteiger partial charge in [-0.15, -0.1) is 0 Å². The summed E-state index contributed by atoms with van der Waals surface area (Å²) in [5, 5.41) is 23.9. The highest BCUT2D eigenvalue weighted by atomic mass is 16.5. The molecule has 3 atom stereocenters. The summed E-state index contributed by atoms with van der Waals surface area (Å²) in [5.41, 5.74) is 0. The van der Waals surface area contributed by atoms with Crippen LogP contribution in [0.3, 0.4) is 0 Å². The highest BCUT2D eigenvalue weighted by Crippen LogP contribution is 2.18. The van der Waals surface area contributed by atoms with Crippen molar-refractivity contribution in [2.75, 3.05) is 6.61 Å². The molecule has 6 heteroatoms. The number of esters is 1. The summed E-state index contributed by atoms with van der Waals surface area (Å²) in [6.07, 6.45) is 64.6. The standard InChI is InChI=1S/C59H109NO5/c1-4-7-10-13-16-19-22-25-28-30-33-36-39-42-45-48-51-57(62)56(54-61)60-58(63)53-55(50-47-44-41-38-35-32-27-24-21-18-15-12-9-6-3)65-59(64)52-49-46-43-40-37-34-31-29-26-23-20-17-14-11-8-5-2/h9,12,18,21,27,29,31-32,55-57,61-62H,4-8,10-11,13-17,19-20,22-26,28,30,33-54H2,1-3H3,(H,60,63)/b12-9+,21-18+,31-29+,32-27+. The van der Waals surface area contributed by atoms with E-state index in [2.05, 4.69) is 74.7 Å². The van der Waals surface area contributed by atoms with Crippen molar-refractivity contribution in [1.82, 2.24) is 5.32 Å². The minimum Gasteiger partial charge on any atom is -0.462 e. The van der Waals surface area contributed by atoms with Gasteiger partial charge < -0.3 is 20.3 Å². The molecule has 6 nitrogen and oxygen atoms in total. The Morgan fingerprint density at radius 3 is 1.28 bits per heavy atom. The number of hydrogen-bond donors (Lipinski definition) is 3. The predicted octanol–water partition coefficient (Wildman–Crippen LogP) is 17.4. The number of carbonyl (C=O) groups excluding carboxylic acids is 2. The summed E-state index contributed by atoms with van der Waals surface area (Å²) in [4.78, 5) is 26.2. The van der Waals surface area contributed by atoms with E-state index in [1.165, 1.54) is 148 Å². The van der Waals surface area contributed by atoms with Gasteiger partial charge in [0.1, 0.15) is 6.10 Å². The topological polar surface area (TPSA) is 95.9 Å². The third-order valence-corrected chi connectivity index (χ3v) is 12.9. The van der Waals surface area contributed by atoms with Crippen LogP contribution in [-0.4, -0.2) is 46.9 Å². The van der Waals surface area contributed by atoms with Crippen LogP contribution in [-0.2, 0) is 14.3 Å². The van der Waals surface area contributed by atoms with Gasteiger partial charge in [-0.25, -0.2) is 0 Å². The van der Waals surface area contributed by atoms with Crippen molar-refractivity contribution in [2.45, 2.75) is 309 Å². The molecule has 3 unspecified atom stereocenters. The Bertz CT molecular complexity index is 1110. The lowest BCUT2D eigenvalue weighted by atomic mass is 10.0. The Kier molecular flexibility index (Phi) is 51.0. The van der Waals surface area contributed by atoms with E-state index in [-0.39, 0.29) is 24.9 Å². The van der Waals surface area contributed by atoms with Crippen molar-refractivity contribution in [3.8, 4) is 0 Å². The fraction of sp³-hybridized carbons (Fsp3) is 0.831. The molecule has 0 fully saturated rings. The minimum atomic E-state index is -0.796. The second kappa shape index (κ2) is 52.8. The number of aliphatic hydroxyl groups excluding tert-OH is 2. The third-order valence-electron chi connectivity index (χ3n) is 12.9. The van der Waals surface area contributed by atoms with Crippen molar-refractivity contribution in [3.63, 3.8) is 0 Å². The molecule has 380 valence electrons. The largest absolute Gasteiger partial charge is 0.462 e. The molecule has 0 aromatic carbocycles. The summed E-state index contributed by atoms with van der Waals surface area (Å²) in [7, 11) is 0. The number of amides is 1. The zero-order chi connectivity index (χ0) is 47.4. The predicted molar refractivity (Wildman–Crippen MR) is 282 cm³/mol. The Morgan fingerprint density at radius 1 is 0.462 bits per heavy atom. The van der Waals surface area contributed by atoms with Gasteiger partial charge in [0.15, 0.2) is 0 Å². The van der Waals surface area contributed by atoms with Gasteiger partial charge in [0.25, 0.3) is 0 Å². The van der Waals surface area contributed by atoms with Crippen LogP contribution in [0.5, 0.6) is 0 Å². The number of unbranched alkanes of at least 4 members (excludes halogenated alkanes) is 31. The van der Waals surface area contributed by atoms with Crippen LogP contribution in [0.4, 0.5) is 0 Å². The fourth-order valence-electron chi connectivity index (χ4n) is 8.62. The summed E-state index contributed by atoms with van der Waals surface area (Å²) >= 11 is 0. The van der Waals surface area contributed by atoms with E-state index < -0.39 is 18.2 Å². The quantitative estimate of drug-likeness (QED) is 0.0321. The first-order valence-corrected chi connectivity index (χ1v) is 28.4. The molecular formula is C59H109NO5. The van der Waals surface area contributed by atoms with Crippen molar-refractivity contribution in [1.29, 1.82) is 0 Å². The summed E-state index contributed by atoms with van der Waals surface area (Å²) in [6, 6.07) is -0.711. The molecule has 0 bridgehead atoms. The molecule has 0 saturated heterocycles. The van der Waals surface area contributed by atoms with Crippen molar-refractivity contribution < 1.29 is 24.5 Å².